The number of halogens is 2. The van der Waals surface area contributed by atoms with E-state index in [0.29, 0.717) is 27.2 Å². The number of thiocarbonyl (C=S) groups is 1. The van der Waals surface area contributed by atoms with Crippen LogP contribution in [0.2, 0.25) is 10.0 Å². The zero-order chi connectivity index (χ0) is 13.8. The van der Waals surface area contributed by atoms with Crippen LogP contribution in [0.3, 0.4) is 0 Å². The van der Waals surface area contributed by atoms with Gasteiger partial charge in [-0.1, -0.05) is 41.4 Å². The molecule has 6 heteroatoms. The van der Waals surface area contributed by atoms with Gasteiger partial charge in [0.05, 0.1) is 15.7 Å². The Morgan fingerprint density at radius 3 is 2.32 bits per heavy atom. The molecular formula is C13H10Cl2N2OS. The number of para-hydroxylation sites is 3. The SMILES string of the molecule is NC(=S)Nc1ccccc1Oc1c(Cl)cccc1Cl. The van der Waals surface area contributed by atoms with E-state index in [0.717, 1.165) is 0 Å². The van der Waals surface area contributed by atoms with Gasteiger partial charge in [-0.25, -0.2) is 0 Å². The topological polar surface area (TPSA) is 47.3 Å². The highest BCUT2D eigenvalue weighted by Gasteiger charge is 2.10. The largest absolute Gasteiger partial charge is 0.452 e. The predicted molar refractivity (Wildman–Crippen MR) is 83.4 cm³/mol. The van der Waals surface area contributed by atoms with Crippen LogP contribution in [-0.2, 0) is 0 Å². The summed E-state index contributed by atoms with van der Waals surface area (Å²) in [7, 11) is 0. The predicted octanol–water partition coefficient (Wildman–Crippen LogP) is 4.44. The van der Waals surface area contributed by atoms with Crippen LogP contribution in [0.25, 0.3) is 0 Å². The lowest BCUT2D eigenvalue weighted by molar-refractivity contribution is 0.485. The van der Waals surface area contributed by atoms with Crippen molar-refractivity contribution in [2.75, 3.05) is 5.32 Å². The first kappa shape index (κ1) is 13.9. The summed E-state index contributed by atoms with van der Waals surface area (Å²) in [5, 5.41) is 3.84. The minimum atomic E-state index is 0.154. The second-order valence-electron chi connectivity index (χ2n) is 3.64. The van der Waals surface area contributed by atoms with Crippen molar-refractivity contribution in [3.05, 3.63) is 52.5 Å². The van der Waals surface area contributed by atoms with Gasteiger partial charge < -0.3 is 15.8 Å². The average molecular weight is 313 g/mol. The standard InChI is InChI=1S/C13H10Cl2N2OS/c14-8-4-3-5-9(15)12(8)18-11-7-2-1-6-10(11)17-13(16)19/h1-7H,(H3,16,17,19). The highest BCUT2D eigenvalue weighted by Crippen LogP contribution is 2.38. The summed E-state index contributed by atoms with van der Waals surface area (Å²) in [4.78, 5) is 0. The molecule has 0 unspecified atom stereocenters. The Morgan fingerprint density at radius 1 is 1.05 bits per heavy atom. The lowest BCUT2D eigenvalue weighted by Gasteiger charge is -2.13. The molecule has 0 amide bonds. The van der Waals surface area contributed by atoms with Crippen LogP contribution < -0.4 is 15.8 Å². The second kappa shape index (κ2) is 6.10. The molecule has 0 aliphatic heterocycles. The maximum atomic E-state index is 6.06. The molecule has 0 atom stereocenters. The molecule has 0 aliphatic carbocycles. The van der Waals surface area contributed by atoms with E-state index < -0.39 is 0 Å². The summed E-state index contributed by atoms with van der Waals surface area (Å²) in [5.74, 6) is 0.924. The molecule has 0 radical (unpaired) electrons. The Bertz CT molecular complexity index is 599. The molecule has 2 rings (SSSR count). The quantitative estimate of drug-likeness (QED) is 0.822. The van der Waals surface area contributed by atoms with Gasteiger partial charge in [-0.05, 0) is 36.5 Å². The van der Waals surface area contributed by atoms with Gasteiger partial charge in [-0.3, -0.25) is 0 Å². The normalized spacial score (nSPS) is 10.0. The van der Waals surface area contributed by atoms with Crippen molar-refractivity contribution in [2.24, 2.45) is 5.73 Å². The fourth-order valence-electron chi connectivity index (χ4n) is 1.48. The Hall–Kier alpha value is -1.49. The van der Waals surface area contributed by atoms with Crippen molar-refractivity contribution in [3.63, 3.8) is 0 Å². The number of benzene rings is 2. The molecule has 0 spiro atoms. The first-order valence-electron chi connectivity index (χ1n) is 5.35. The van der Waals surface area contributed by atoms with E-state index in [1.54, 1.807) is 30.3 Å². The molecule has 0 heterocycles. The van der Waals surface area contributed by atoms with E-state index in [1.807, 2.05) is 12.1 Å². The summed E-state index contributed by atoms with van der Waals surface area (Å²) in [5.41, 5.74) is 6.10. The Kier molecular flexibility index (Phi) is 4.47. The van der Waals surface area contributed by atoms with Gasteiger partial charge >= 0.3 is 0 Å². The lowest BCUT2D eigenvalue weighted by atomic mass is 10.3. The van der Waals surface area contributed by atoms with Crippen LogP contribution >= 0.6 is 35.4 Å². The third kappa shape index (κ3) is 3.50. The third-order valence-corrected chi connectivity index (χ3v) is 2.97. The van der Waals surface area contributed by atoms with Crippen LogP contribution in [0, 0.1) is 0 Å². The molecule has 0 bridgehead atoms. The second-order valence-corrected chi connectivity index (χ2v) is 4.89. The van der Waals surface area contributed by atoms with Crippen molar-refractivity contribution in [1.29, 1.82) is 0 Å². The third-order valence-electron chi connectivity index (χ3n) is 2.28. The fourth-order valence-corrected chi connectivity index (χ4v) is 2.07. The Balaban J connectivity index is 2.36. The molecule has 2 aromatic carbocycles. The number of rotatable bonds is 3. The summed E-state index contributed by atoms with van der Waals surface area (Å²) in [6, 6.07) is 12.4. The van der Waals surface area contributed by atoms with Crippen molar-refractivity contribution >= 4 is 46.2 Å². The summed E-state index contributed by atoms with van der Waals surface area (Å²) in [6.07, 6.45) is 0. The molecular weight excluding hydrogens is 303 g/mol. The van der Waals surface area contributed by atoms with Gasteiger partial charge in [-0.15, -0.1) is 0 Å². The van der Waals surface area contributed by atoms with Gasteiger partial charge in [0.25, 0.3) is 0 Å². The lowest BCUT2D eigenvalue weighted by Crippen LogP contribution is -2.19. The molecule has 98 valence electrons. The molecule has 0 aromatic heterocycles. The van der Waals surface area contributed by atoms with Crippen molar-refractivity contribution in [1.82, 2.24) is 0 Å². The number of ether oxygens (including phenoxy) is 1. The number of hydrogen-bond acceptors (Lipinski definition) is 2. The first-order chi connectivity index (χ1) is 9.08. The van der Waals surface area contributed by atoms with Crippen LogP contribution in [0.1, 0.15) is 0 Å². The minimum absolute atomic E-state index is 0.154. The van der Waals surface area contributed by atoms with Crippen LogP contribution in [-0.4, -0.2) is 5.11 Å². The zero-order valence-corrected chi connectivity index (χ0v) is 12.0. The molecule has 0 saturated carbocycles. The van der Waals surface area contributed by atoms with E-state index in [-0.39, 0.29) is 5.11 Å². The highest BCUT2D eigenvalue weighted by molar-refractivity contribution is 7.80. The van der Waals surface area contributed by atoms with E-state index in [4.69, 9.17) is 45.9 Å². The smallest absolute Gasteiger partial charge is 0.168 e. The van der Waals surface area contributed by atoms with Gasteiger partial charge in [0, 0.05) is 0 Å². The molecule has 19 heavy (non-hydrogen) atoms. The van der Waals surface area contributed by atoms with Gasteiger partial charge in [0.2, 0.25) is 0 Å². The minimum Gasteiger partial charge on any atom is -0.452 e. The van der Waals surface area contributed by atoms with E-state index >= 15 is 0 Å². The number of nitrogens with two attached hydrogens (primary N) is 1. The van der Waals surface area contributed by atoms with Gasteiger partial charge in [0.1, 0.15) is 0 Å². The summed E-state index contributed by atoms with van der Waals surface area (Å²) in [6.45, 7) is 0. The van der Waals surface area contributed by atoms with Crippen molar-refractivity contribution < 1.29 is 4.74 Å². The maximum absolute atomic E-state index is 6.06. The Labute approximate surface area is 126 Å². The molecule has 3 nitrogen and oxygen atoms in total. The molecule has 0 saturated heterocycles. The van der Waals surface area contributed by atoms with E-state index in [2.05, 4.69) is 5.32 Å². The Morgan fingerprint density at radius 2 is 1.68 bits per heavy atom. The molecule has 2 aromatic rings. The van der Waals surface area contributed by atoms with E-state index in [1.165, 1.54) is 0 Å². The first-order valence-corrected chi connectivity index (χ1v) is 6.51. The van der Waals surface area contributed by atoms with Crippen LogP contribution in [0.4, 0.5) is 5.69 Å². The average Bonchev–Trinajstić information content (AvgIpc) is 2.35. The molecule has 0 fully saturated rings. The van der Waals surface area contributed by atoms with Crippen LogP contribution in [0.15, 0.2) is 42.5 Å². The molecule has 3 N–H and O–H groups in total. The fraction of sp³-hybridized carbons (Fsp3) is 0. The summed E-state index contributed by atoms with van der Waals surface area (Å²) >= 11 is 16.9. The highest BCUT2D eigenvalue weighted by atomic mass is 35.5. The van der Waals surface area contributed by atoms with Crippen molar-refractivity contribution in [3.8, 4) is 11.5 Å². The van der Waals surface area contributed by atoms with E-state index in [9.17, 15) is 0 Å². The van der Waals surface area contributed by atoms with Gasteiger partial charge in [0.15, 0.2) is 16.6 Å². The van der Waals surface area contributed by atoms with Crippen LogP contribution in [0.5, 0.6) is 11.5 Å². The number of anilines is 1. The zero-order valence-electron chi connectivity index (χ0n) is 9.69. The van der Waals surface area contributed by atoms with Crippen molar-refractivity contribution in [2.45, 2.75) is 0 Å². The monoisotopic (exact) mass is 312 g/mol. The maximum Gasteiger partial charge on any atom is 0.168 e. The number of nitrogens with one attached hydrogen (secondary N) is 1. The van der Waals surface area contributed by atoms with Gasteiger partial charge in [-0.2, -0.15) is 0 Å². The number of hydrogen-bond donors (Lipinski definition) is 2. The summed E-state index contributed by atoms with van der Waals surface area (Å²) < 4.78 is 5.73. The molecule has 0 aliphatic rings.